The second-order valence-electron chi connectivity index (χ2n) is 4.74. The van der Waals surface area contributed by atoms with Gasteiger partial charge in [-0.2, -0.15) is 17.4 Å². The molecule has 0 spiro atoms. The Balaban J connectivity index is 0.00000128. The van der Waals surface area contributed by atoms with E-state index in [0.29, 0.717) is 11.8 Å². The molecule has 5 nitrogen and oxygen atoms in total. The monoisotopic (exact) mass is 269 g/mol. The molecule has 0 aromatic heterocycles. The fourth-order valence-electron chi connectivity index (χ4n) is 2.13. The zero-order valence-corrected chi connectivity index (χ0v) is 11.4. The van der Waals surface area contributed by atoms with Crippen LogP contribution < -0.4 is 10.0 Å². The lowest BCUT2D eigenvalue weighted by Gasteiger charge is -2.21. The highest BCUT2D eigenvalue weighted by molar-refractivity contribution is 7.87. The molecule has 96 valence electrons. The standard InChI is InChI=1S/C9H19N3O2S.ClH/c1-6(2)12(3)15(13,14)11-9-7-4-10-5-8(7)9;/h6-11H,4-5H2,1-3H3;1H. The van der Waals surface area contributed by atoms with Crippen molar-refractivity contribution < 1.29 is 8.42 Å². The van der Waals surface area contributed by atoms with Crippen LogP contribution in [0.3, 0.4) is 0 Å². The van der Waals surface area contributed by atoms with E-state index in [0.717, 1.165) is 13.1 Å². The molecule has 0 amide bonds. The number of piperidine rings is 1. The average Bonchev–Trinajstić information content (AvgIpc) is 2.64. The van der Waals surface area contributed by atoms with E-state index in [-0.39, 0.29) is 24.5 Å². The minimum Gasteiger partial charge on any atom is -0.316 e. The van der Waals surface area contributed by atoms with E-state index >= 15 is 0 Å². The van der Waals surface area contributed by atoms with Gasteiger partial charge >= 0.3 is 0 Å². The molecule has 1 saturated heterocycles. The maximum Gasteiger partial charge on any atom is 0.279 e. The molecule has 0 radical (unpaired) electrons. The predicted octanol–water partition coefficient (Wildman–Crippen LogP) is -0.199. The lowest BCUT2D eigenvalue weighted by atomic mass is 10.4. The first-order valence-electron chi connectivity index (χ1n) is 5.39. The summed E-state index contributed by atoms with van der Waals surface area (Å²) in [6.07, 6.45) is 0. The maximum absolute atomic E-state index is 11.8. The molecule has 2 aliphatic rings. The van der Waals surface area contributed by atoms with Crippen LogP contribution in [0.15, 0.2) is 0 Å². The number of hydrogen-bond acceptors (Lipinski definition) is 3. The minimum atomic E-state index is -3.28. The molecule has 7 heteroatoms. The molecule has 1 aliphatic carbocycles. The Morgan fingerprint density at radius 2 is 1.81 bits per heavy atom. The van der Waals surface area contributed by atoms with Crippen LogP contribution in [0.4, 0.5) is 0 Å². The summed E-state index contributed by atoms with van der Waals surface area (Å²) in [4.78, 5) is 0. The van der Waals surface area contributed by atoms with Gasteiger partial charge in [0.25, 0.3) is 10.2 Å². The smallest absolute Gasteiger partial charge is 0.279 e. The topological polar surface area (TPSA) is 61.4 Å². The first-order valence-corrected chi connectivity index (χ1v) is 6.83. The molecule has 0 aromatic rings. The zero-order chi connectivity index (χ0) is 11.2. The molecule has 2 N–H and O–H groups in total. The van der Waals surface area contributed by atoms with Crippen LogP contribution in [0.1, 0.15) is 13.8 Å². The van der Waals surface area contributed by atoms with Crippen molar-refractivity contribution in [3.8, 4) is 0 Å². The molecule has 0 aromatic carbocycles. The summed E-state index contributed by atoms with van der Waals surface area (Å²) in [5.74, 6) is 1.03. The quantitative estimate of drug-likeness (QED) is 0.743. The van der Waals surface area contributed by atoms with Gasteiger partial charge in [0.15, 0.2) is 0 Å². The third kappa shape index (κ3) is 2.51. The Hall–Kier alpha value is 0.120. The van der Waals surface area contributed by atoms with Gasteiger partial charge in [0.2, 0.25) is 0 Å². The van der Waals surface area contributed by atoms with E-state index in [1.165, 1.54) is 4.31 Å². The van der Waals surface area contributed by atoms with E-state index < -0.39 is 10.2 Å². The highest BCUT2D eigenvalue weighted by atomic mass is 35.5. The highest BCUT2D eigenvalue weighted by Crippen LogP contribution is 2.42. The van der Waals surface area contributed by atoms with Crippen LogP contribution in [0, 0.1) is 11.8 Å². The van der Waals surface area contributed by atoms with Gasteiger partial charge in [0, 0.05) is 19.1 Å². The van der Waals surface area contributed by atoms with Crippen molar-refractivity contribution in [3.63, 3.8) is 0 Å². The summed E-state index contributed by atoms with van der Waals surface area (Å²) in [7, 11) is -1.67. The van der Waals surface area contributed by atoms with Crippen LogP contribution in [-0.2, 0) is 10.2 Å². The Morgan fingerprint density at radius 1 is 1.31 bits per heavy atom. The van der Waals surface area contributed by atoms with Gasteiger partial charge in [-0.25, -0.2) is 0 Å². The highest BCUT2D eigenvalue weighted by Gasteiger charge is 2.54. The van der Waals surface area contributed by atoms with Crippen LogP contribution in [0.2, 0.25) is 0 Å². The van der Waals surface area contributed by atoms with Crippen molar-refractivity contribution >= 4 is 22.6 Å². The van der Waals surface area contributed by atoms with E-state index in [1.54, 1.807) is 7.05 Å². The largest absolute Gasteiger partial charge is 0.316 e. The number of fused-ring (bicyclic) bond motifs is 1. The van der Waals surface area contributed by atoms with Crippen LogP contribution >= 0.6 is 12.4 Å². The summed E-state index contributed by atoms with van der Waals surface area (Å²) in [5.41, 5.74) is 0. The fraction of sp³-hybridized carbons (Fsp3) is 1.00. The summed E-state index contributed by atoms with van der Waals surface area (Å²) >= 11 is 0. The summed E-state index contributed by atoms with van der Waals surface area (Å²) in [5, 5.41) is 3.24. The van der Waals surface area contributed by atoms with Gasteiger partial charge in [-0.1, -0.05) is 0 Å². The molecule has 1 saturated carbocycles. The SMILES string of the molecule is CC(C)N(C)S(=O)(=O)NC1C2CNCC21.Cl. The van der Waals surface area contributed by atoms with Crippen molar-refractivity contribution in [2.45, 2.75) is 25.9 Å². The molecular formula is C9H20ClN3O2S. The maximum atomic E-state index is 11.8. The van der Waals surface area contributed by atoms with Crippen molar-refractivity contribution in [2.24, 2.45) is 11.8 Å². The Labute approximate surface area is 104 Å². The molecule has 0 bridgehead atoms. The molecule has 2 rings (SSSR count). The molecule has 1 heterocycles. The second kappa shape index (κ2) is 4.78. The van der Waals surface area contributed by atoms with Crippen LogP contribution in [-0.4, -0.2) is 44.9 Å². The number of nitrogens with zero attached hydrogens (tertiary/aromatic N) is 1. The van der Waals surface area contributed by atoms with E-state index in [4.69, 9.17) is 0 Å². The van der Waals surface area contributed by atoms with Gasteiger partial charge < -0.3 is 5.32 Å². The Bertz CT molecular complexity index is 337. The van der Waals surface area contributed by atoms with Crippen molar-refractivity contribution in [1.29, 1.82) is 0 Å². The first-order chi connectivity index (χ1) is 6.93. The molecule has 2 unspecified atom stereocenters. The molecule has 2 fully saturated rings. The normalized spacial score (nSPS) is 32.7. The van der Waals surface area contributed by atoms with Gasteiger partial charge in [-0.05, 0) is 38.8 Å². The van der Waals surface area contributed by atoms with Crippen molar-refractivity contribution in [1.82, 2.24) is 14.3 Å². The predicted molar refractivity (Wildman–Crippen MR) is 65.8 cm³/mol. The van der Waals surface area contributed by atoms with E-state index in [9.17, 15) is 8.42 Å². The third-order valence-electron chi connectivity index (χ3n) is 3.48. The van der Waals surface area contributed by atoms with E-state index in [2.05, 4.69) is 10.0 Å². The third-order valence-corrected chi connectivity index (χ3v) is 5.23. The van der Waals surface area contributed by atoms with Crippen molar-refractivity contribution in [3.05, 3.63) is 0 Å². The van der Waals surface area contributed by atoms with Gasteiger partial charge in [0.1, 0.15) is 0 Å². The van der Waals surface area contributed by atoms with Gasteiger partial charge in [-0.3, -0.25) is 0 Å². The fourth-order valence-corrected chi connectivity index (χ4v) is 3.54. The number of rotatable bonds is 4. The number of halogens is 1. The number of nitrogens with one attached hydrogen (secondary N) is 2. The summed E-state index contributed by atoms with van der Waals surface area (Å²) in [6, 6.07) is 0.164. The Morgan fingerprint density at radius 3 is 2.25 bits per heavy atom. The van der Waals surface area contributed by atoms with Gasteiger partial charge in [-0.15, -0.1) is 12.4 Å². The first kappa shape index (κ1) is 14.2. The molecule has 16 heavy (non-hydrogen) atoms. The van der Waals surface area contributed by atoms with E-state index in [1.807, 2.05) is 13.8 Å². The van der Waals surface area contributed by atoms with Crippen LogP contribution in [0.25, 0.3) is 0 Å². The minimum absolute atomic E-state index is 0. The summed E-state index contributed by atoms with van der Waals surface area (Å²) in [6.45, 7) is 5.63. The molecular weight excluding hydrogens is 250 g/mol. The van der Waals surface area contributed by atoms with Gasteiger partial charge in [0.05, 0.1) is 0 Å². The summed E-state index contributed by atoms with van der Waals surface area (Å²) < 4.78 is 27.9. The number of hydrogen-bond donors (Lipinski definition) is 2. The second-order valence-corrected chi connectivity index (χ2v) is 6.51. The lowest BCUT2D eigenvalue weighted by Crippen LogP contribution is -2.44. The zero-order valence-electron chi connectivity index (χ0n) is 9.80. The van der Waals surface area contributed by atoms with Crippen molar-refractivity contribution in [2.75, 3.05) is 20.1 Å². The lowest BCUT2D eigenvalue weighted by molar-refractivity contribution is 0.399. The molecule has 2 atom stereocenters. The average molecular weight is 270 g/mol. The van der Waals surface area contributed by atoms with Crippen LogP contribution in [0.5, 0.6) is 0 Å². The molecule has 1 aliphatic heterocycles. The Kier molecular flexibility index (Phi) is 4.23.